The summed E-state index contributed by atoms with van der Waals surface area (Å²) < 4.78 is 11.9. The number of carboxylic acids is 1. The summed E-state index contributed by atoms with van der Waals surface area (Å²) in [4.78, 5) is 27.2. The second kappa shape index (κ2) is 5.08. The number of fused-ring (bicyclic) bond motifs is 1. The molecule has 21 heavy (non-hydrogen) atoms. The second-order valence-electron chi connectivity index (χ2n) is 4.88. The van der Waals surface area contributed by atoms with E-state index in [4.69, 9.17) is 9.15 Å². The minimum Gasteiger partial charge on any atom is -0.476 e. The Hall–Kier alpha value is -2.57. The fourth-order valence-electron chi connectivity index (χ4n) is 2.69. The van der Waals surface area contributed by atoms with Crippen molar-refractivity contribution in [1.29, 1.82) is 0 Å². The fourth-order valence-corrected chi connectivity index (χ4v) is 2.69. The van der Waals surface area contributed by atoms with Gasteiger partial charge in [0.25, 0.3) is 0 Å². The number of rotatable bonds is 3. The number of esters is 1. The van der Waals surface area contributed by atoms with E-state index in [-0.39, 0.29) is 17.6 Å². The van der Waals surface area contributed by atoms with E-state index < -0.39 is 5.97 Å². The zero-order chi connectivity index (χ0) is 15.0. The lowest BCUT2D eigenvalue weighted by Gasteiger charge is -2.23. The van der Waals surface area contributed by atoms with Gasteiger partial charge in [-0.25, -0.2) is 9.78 Å². The van der Waals surface area contributed by atoms with Crippen molar-refractivity contribution < 1.29 is 23.8 Å². The first-order valence-electron chi connectivity index (χ1n) is 6.56. The molecule has 2 aromatic heterocycles. The average molecular weight is 290 g/mol. The number of aromatic nitrogens is 2. The molecule has 1 aliphatic heterocycles. The molecule has 0 saturated heterocycles. The van der Waals surface area contributed by atoms with E-state index in [1.165, 1.54) is 13.4 Å². The standard InChI is InChI=1S/C14H14N2O5/c1-20-14(19)8-4-5-16-9(7-8)11(13(17)18)15-12(16)10-3-2-6-21-10/h2-3,6,8H,4-5,7H2,1H3,(H,17,18). The van der Waals surface area contributed by atoms with Crippen LogP contribution in [0.1, 0.15) is 22.6 Å². The van der Waals surface area contributed by atoms with Gasteiger partial charge in [-0.3, -0.25) is 4.79 Å². The molecule has 0 radical (unpaired) electrons. The van der Waals surface area contributed by atoms with Gasteiger partial charge in [0.1, 0.15) is 0 Å². The highest BCUT2D eigenvalue weighted by Gasteiger charge is 2.32. The van der Waals surface area contributed by atoms with Gasteiger partial charge in [0, 0.05) is 13.0 Å². The molecule has 7 nitrogen and oxygen atoms in total. The Morgan fingerprint density at radius 2 is 2.33 bits per heavy atom. The van der Waals surface area contributed by atoms with Crippen LogP contribution in [0.4, 0.5) is 0 Å². The van der Waals surface area contributed by atoms with E-state index in [0.717, 1.165) is 0 Å². The van der Waals surface area contributed by atoms with Crippen LogP contribution in [-0.2, 0) is 22.5 Å². The van der Waals surface area contributed by atoms with Crippen molar-refractivity contribution in [2.45, 2.75) is 19.4 Å². The second-order valence-corrected chi connectivity index (χ2v) is 4.88. The smallest absolute Gasteiger partial charge is 0.356 e. The number of carbonyl (C=O) groups is 2. The third-order valence-electron chi connectivity index (χ3n) is 3.69. The van der Waals surface area contributed by atoms with Gasteiger partial charge < -0.3 is 18.8 Å². The van der Waals surface area contributed by atoms with Crippen LogP contribution >= 0.6 is 0 Å². The fraction of sp³-hybridized carbons (Fsp3) is 0.357. The maximum absolute atomic E-state index is 11.7. The molecule has 1 unspecified atom stereocenters. The minimum absolute atomic E-state index is 0.0324. The number of carbonyl (C=O) groups excluding carboxylic acids is 1. The predicted octanol–water partition coefficient (Wildman–Crippen LogP) is 1.58. The van der Waals surface area contributed by atoms with Crippen LogP contribution in [0, 0.1) is 5.92 Å². The zero-order valence-electron chi connectivity index (χ0n) is 11.4. The number of methoxy groups -OCH3 is 1. The van der Waals surface area contributed by atoms with Crippen LogP contribution in [0.5, 0.6) is 0 Å². The number of hydrogen-bond donors (Lipinski definition) is 1. The van der Waals surface area contributed by atoms with Crippen LogP contribution in [-0.4, -0.2) is 33.7 Å². The molecule has 0 spiro atoms. The molecule has 1 N–H and O–H groups in total. The van der Waals surface area contributed by atoms with Gasteiger partial charge in [-0.1, -0.05) is 0 Å². The molecule has 0 bridgehead atoms. The Bertz CT molecular complexity index is 687. The molecular formula is C14H14N2O5. The summed E-state index contributed by atoms with van der Waals surface area (Å²) in [6.45, 7) is 0.505. The lowest BCUT2D eigenvalue weighted by atomic mass is 9.95. The van der Waals surface area contributed by atoms with Crippen molar-refractivity contribution in [3.8, 4) is 11.6 Å². The number of imidazole rings is 1. The Kier molecular flexibility index (Phi) is 3.25. The highest BCUT2D eigenvalue weighted by Crippen LogP contribution is 2.30. The van der Waals surface area contributed by atoms with Crippen molar-refractivity contribution in [3.05, 3.63) is 29.8 Å². The minimum atomic E-state index is -1.11. The average Bonchev–Trinajstić information content (AvgIpc) is 3.12. The van der Waals surface area contributed by atoms with Crippen LogP contribution < -0.4 is 0 Å². The molecule has 0 saturated carbocycles. The summed E-state index contributed by atoms with van der Waals surface area (Å²) in [5, 5.41) is 9.31. The lowest BCUT2D eigenvalue weighted by molar-refractivity contribution is -0.146. The number of hydrogen-bond acceptors (Lipinski definition) is 5. The molecule has 1 aliphatic rings. The molecule has 3 rings (SSSR count). The lowest BCUT2D eigenvalue weighted by Crippen LogP contribution is -2.27. The summed E-state index contributed by atoms with van der Waals surface area (Å²) in [6.07, 6.45) is 2.41. The third kappa shape index (κ3) is 2.20. The van der Waals surface area contributed by atoms with Crippen molar-refractivity contribution in [1.82, 2.24) is 9.55 Å². The van der Waals surface area contributed by atoms with Crippen LogP contribution in [0.15, 0.2) is 22.8 Å². The molecule has 3 heterocycles. The van der Waals surface area contributed by atoms with E-state index in [1.807, 2.05) is 4.57 Å². The topological polar surface area (TPSA) is 94.6 Å². The summed E-state index contributed by atoms with van der Waals surface area (Å²) in [5.74, 6) is -0.766. The maximum Gasteiger partial charge on any atom is 0.356 e. The Balaban J connectivity index is 2.06. The Labute approximate surface area is 120 Å². The van der Waals surface area contributed by atoms with Crippen LogP contribution in [0.3, 0.4) is 0 Å². The molecule has 1 atom stereocenters. The van der Waals surface area contributed by atoms with E-state index in [9.17, 15) is 14.7 Å². The number of aromatic carboxylic acids is 1. The highest BCUT2D eigenvalue weighted by molar-refractivity contribution is 5.88. The predicted molar refractivity (Wildman–Crippen MR) is 70.7 cm³/mol. The molecule has 0 aromatic carbocycles. The number of carboxylic acid groups (broad SMARTS) is 1. The monoisotopic (exact) mass is 290 g/mol. The van der Waals surface area contributed by atoms with Gasteiger partial charge in [-0.2, -0.15) is 0 Å². The number of ether oxygens (including phenoxy) is 1. The largest absolute Gasteiger partial charge is 0.476 e. The maximum atomic E-state index is 11.7. The van der Waals surface area contributed by atoms with Crippen molar-refractivity contribution >= 4 is 11.9 Å². The normalized spacial score (nSPS) is 17.3. The van der Waals surface area contributed by atoms with Crippen molar-refractivity contribution in [3.63, 3.8) is 0 Å². The van der Waals surface area contributed by atoms with E-state index in [0.29, 0.717) is 36.7 Å². The van der Waals surface area contributed by atoms with Gasteiger partial charge >= 0.3 is 11.9 Å². The molecule has 2 aromatic rings. The molecular weight excluding hydrogens is 276 g/mol. The van der Waals surface area contributed by atoms with E-state index >= 15 is 0 Å². The Morgan fingerprint density at radius 1 is 1.52 bits per heavy atom. The van der Waals surface area contributed by atoms with Crippen LogP contribution in [0.2, 0.25) is 0 Å². The molecule has 7 heteroatoms. The van der Waals surface area contributed by atoms with E-state index in [2.05, 4.69) is 4.98 Å². The van der Waals surface area contributed by atoms with Gasteiger partial charge in [-0.05, 0) is 18.6 Å². The van der Waals surface area contributed by atoms with Crippen molar-refractivity contribution in [2.75, 3.05) is 7.11 Å². The van der Waals surface area contributed by atoms with E-state index in [1.54, 1.807) is 12.1 Å². The molecule has 0 amide bonds. The number of furan rings is 1. The van der Waals surface area contributed by atoms with Gasteiger partial charge in [-0.15, -0.1) is 0 Å². The summed E-state index contributed by atoms with van der Waals surface area (Å²) in [5.41, 5.74) is 0.505. The first kappa shape index (κ1) is 13.4. The first-order valence-corrected chi connectivity index (χ1v) is 6.56. The van der Waals surface area contributed by atoms with Gasteiger partial charge in [0.15, 0.2) is 17.3 Å². The first-order chi connectivity index (χ1) is 10.1. The SMILES string of the molecule is COC(=O)C1CCn2c(-c3ccco3)nc(C(=O)O)c2C1. The summed E-state index contributed by atoms with van der Waals surface area (Å²) in [6, 6.07) is 3.45. The molecule has 0 aliphatic carbocycles. The van der Waals surface area contributed by atoms with Gasteiger partial charge in [0.05, 0.1) is 25.0 Å². The molecule has 0 fully saturated rings. The third-order valence-corrected chi connectivity index (χ3v) is 3.69. The highest BCUT2D eigenvalue weighted by atomic mass is 16.5. The number of nitrogens with zero attached hydrogens (tertiary/aromatic N) is 2. The summed E-state index contributed by atoms with van der Waals surface area (Å²) in [7, 11) is 1.33. The summed E-state index contributed by atoms with van der Waals surface area (Å²) >= 11 is 0. The Morgan fingerprint density at radius 3 is 2.95 bits per heavy atom. The zero-order valence-corrected chi connectivity index (χ0v) is 11.4. The van der Waals surface area contributed by atoms with Gasteiger partial charge in [0.2, 0.25) is 0 Å². The quantitative estimate of drug-likeness (QED) is 0.862. The molecule has 110 valence electrons. The van der Waals surface area contributed by atoms with Crippen LogP contribution in [0.25, 0.3) is 11.6 Å². The van der Waals surface area contributed by atoms with Crippen molar-refractivity contribution in [2.24, 2.45) is 5.92 Å².